The van der Waals surface area contributed by atoms with E-state index in [9.17, 15) is 24.8 Å². The second-order valence-corrected chi connectivity index (χ2v) is 12.4. The van der Waals surface area contributed by atoms with E-state index in [0.29, 0.717) is 0 Å². The predicted molar refractivity (Wildman–Crippen MR) is 139 cm³/mol. The Balaban J connectivity index is 2.10. The average molecular weight is 629 g/mol. The molecule has 0 spiro atoms. The van der Waals surface area contributed by atoms with Crippen LogP contribution >= 0.6 is 65.8 Å². The van der Waals surface area contributed by atoms with Gasteiger partial charge in [0.25, 0.3) is 0 Å². The summed E-state index contributed by atoms with van der Waals surface area (Å²) in [5.41, 5.74) is -1.13. The lowest BCUT2D eigenvalue weighted by molar-refractivity contribution is -0.385. The van der Waals surface area contributed by atoms with Gasteiger partial charge in [-0.05, 0) is 31.2 Å². The molecule has 0 amide bonds. The first-order chi connectivity index (χ1) is 17.2. The number of benzene rings is 3. The van der Waals surface area contributed by atoms with Gasteiger partial charge in [-0.25, -0.2) is 0 Å². The Morgan fingerprint density at radius 1 is 0.865 bits per heavy atom. The monoisotopic (exact) mass is 626 g/mol. The number of nitro groups is 2. The summed E-state index contributed by atoms with van der Waals surface area (Å²) in [5.74, 6) is -2.84. The molecule has 194 valence electrons. The normalized spacial score (nSPS) is 18.8. The van der Waals surface area contributed by atoms with Crippen molar-refractivity contribution in [3.63, 3.8) is 0 Å². The van der Waals surface area contributed by atoms with Gasteiger partial charge in [0.15, 0.2) is 0 Å². The van der Waals surface area contributed by atoms with E-state index in [1.807, 2.05) is 0 Å². The Kier molecular flexibility index (Phi) is 7.47. The van der Waals surface area contributed by atoms with Gasteiger partial charge in [-0.15, -0.1) is 0 Å². The van der Waals surface area contributed by atoms with Crippen molar-refractivity contribution < 1.29 is 28.0 Å². The summed E-state index contributed by atoms with van der Waals surface area (Å²) >= 11 is 31.1. The average Bonchev–Trinajstić information content (AvgIpc) is 2.76. The van der Waals surface area contributed by atoms with Crippen LogP contribution in [0.25, 0.3) is 0 Å². The second kappa shape index (κ2) is 10.0. The molecule has 0 fully saturated rings. The highest BCUT2D eigenvalue weighted by Gasteiger charge is 2.49. The first kappa shape index (κ1) is 27.6. The van der Waals surface area contributed by atoms with Crippen molar-refractivity contribution in [3.05, 3.63) is 95.5 Å². The van der Waals surface area contributed by atoms with Crippen molar-refractivity contribution in [1.29, 1.82) is 0 Å². The van der Waals surface area contributed by atoms with Crippen molar-refractivity contribution >= 4 is 77.2 Å². The van der Waals surface area contributed by atoms with E-state index in [4.69, 9.17) is 71.6 Å². The minimum absolute atomic E-state index is 0.0243. The highest BCUT2D eigenvalue weighted by molar-refractivity contribution is 7.49. The quantitative estimate of drug-likeness (QED) is 0.122. The van der Waals surface area contributed by atoms with Crippen molar-refractivity contribution in [2.75, 3.05) is 0 Å². The number of aryl methyl sites for hydroxylation is 1. The number of nitro benzene ring substituents is 2. The molecule has 0 aliphatic carbocycles. The number of hydrogen-bond acceptors (Lipinski definition) is 8. The van der Waals surface area contributed by atoms with E-state index in [1.54, 1.807) is 19.1 Å². The minimum Gasteiger partial charge on any atom is -0.386 e. The third-order valence-electron chi connectivity index (χ3n) is 5.11. The Labute approximate surface area is 233 Å². The molecule has 0 aromatic heterocycles. The standard InChI is InChI=1S/C21H12Cl5N2O8P/c1-10-2-4-13(5-3-10)34-37(33)35-19-14(6-11(22)8-16(19)27(29)30)18(21(24,25)26)15-7-12(23)9-17(28(31)32)20(15)36-37/h2-9,18H,1H3. The molecule has 4 rings (SSSR count). The van der Waals surface area contributed by atoms with Gasteiger partial charge in [0.2, 0.25) is 15.3 Å². The molecule has 1 aliphatic rings. The van der Waals surface area contributed by atoms with Crippen molar-refractivity contribution in [2.24, 2.45) is 0 Å². The third kappa shape index (κ3) is 5.70. The molecule has 16 heteroatoms. The van der Waals surface area contributed by atoms with Gasteiger partial charge >= 0.3 is 19.2 Å². The molecule has 1 aliphatic heterocycles. The largest absolute Gasteiger partial charge is 0.647 e. The van der Waals surface area contributed by atoms with Crippen LogP contribution in [-0.2, 0) is 4.57 Å². The number of fused-ring (bicyclic) bond motifs is 2. The first-order valence-corrected chi connectivity index (χ1v) is 13.3. The summed E-state index contributed by atoms with van der Waals surface area (Å²) < 4.78 is 28.2. The number of phosphoric acid groups is 1. The fraction of sp³-hybridized carbons (Fsp3) is 0.143. The van der Waals surface area contributed by atoms with Crippen LogP contribution in [0.2, 0.25) is 10.0 Å². The second-order valence-electron chi connectivity index (χ2n) is 7.71. The van der Waals surface area contributed by atoms with Gasteiger partial charge in [0.1, 0.15) is 5.75 Å². The van der Waals surface area contributed by atoms with E-state index in [-0.39, 0.29) is 26.9 Å². The zero-order chi connectivity index (χ0) is 27.3. The van der Waals surface area contributed by atoms with Crippen LogP contribution in [0.5, 0.6) is 17.2 Å². The lowest BCUT2D eigenvalue weighted by Gasteiger charge is -2.32. The zero-order valence-electron chi connectivity index (χ0n) is 18.2. The Morgan fingerprint density at radius 3 is 1.68 bits per heavy atom. The molecule has 0 bridgehead atoms. The van der Waals surface area contributed by atoms with E-state index in [1.165, 1.54) is 24.3 Å². The highest BCUT2D eigenvalue weighted by Crippen LogP contribution is 2.62. The van der Waals surface area contributed by atoms with Crippen LogP contribution in [0, 0.1) is 27.2 Å². The number of phosphoric ester groups is 1. The van der Waals surface area contributed by atoms with Crippen LogP contribution in [0.15, 0.2) is 48.5 Å². The SMILES string of the molecule is Cc1ccc(OP2(=O)Oc3c(cc(Cl)cc3[N+](=O)[O-])C(C(Cl)(Cl)Cl)c3cc(Cl)cc([N+](=O)[O-])c3O2)cc1. The molecule has 3 aromatic carbocycles. The smallest absolute Gasteiger partial charge is 0.386 e. The van der Waals surface area contributed by atoms with E-state index >= 15 is 0 Å². The van der Waals surface area contributed by atoms with Crippen LogP contribution in [0.4, 0.5) is 11.4 Å². The van der Waals surface area contributed by atoms with Crippen molar-refractivity contribution in [2.45, 2.75) is 16.6 Å². The van der Waals surface area contributed by atoms with E-state index in [0.717, 1.165) is 17.7 Å². The van der Waals surface area contributed by atoms with Crippen LogP contribution < -0.4 is 13.6 Å². The molecule has 1 heterocycles. The fourth-order valence-corrected chi connectivity index (χ4v) is 6.11. The topological polar surface area (TPSA) is 131 Å². The predicted octanol–water partition coefficient (Wildman–Crippen LogP) is 8.58. The van der Waals surface area contributed by atoms with Gasteiger partial charge in [-0.3, -0.25) is 20.2 Å². The van der Waals surface area contributed by atoms with Crippen LogP contribution in [0.3, 0.4) is 0 Å². The maximum Gasteiger partial charge on any atom is 0.647 e. The zero-order valence-corrected chi connectivity index (χ0v) is 22.9. The summed E-state index contributed by atoms with van der Waals surface area (Å²) in [6.07, 6.45) is 0. The molecule has 0 saturated heterocycles. The summed E-state index contributed by atoms with van der Waals surface area (Å²) in [6, 6.07) is 10.3. The highest BCUT2D eigenvalue weighted by atomic mass is 35.6. The number of hydrogen-bond donors (Lipinski definition) is 0. The molecule has 10 nitrogen and oxygen atoms in total. The van der Waals surface area contributed by atoms with Gasteiger partial charge in [0.05, 0.1) is 15.8 Å². The lowest BCUT2D eigenvalue weighted by Crippen LogP contribution is -2.24. The van der Waals surface area contributed by atoms with Gasteiger partial charge in [-0.1, -0.05) is 75.7 Å². The van der Waals surface area contributed by atoms with E-state index < -0.39 is 50.3 Å². The molecule has 3 aromatic rings. The van der Waals surface area contributed by atoms with Crippen LogP contribution in [-0.4, -0.2) is 13.6 Å². The Bertz CT molecular complexity index is 1400. The summed E-state index contributed by atoms with van der Waals surface area (Å²) in [4.78, 5) is 22.1. The third-order valence-corrected chi connectivity index (χ3v) is 7.45. The summed E-state index contributed by atoms with van der Waals surface area (Å²) in [7, 11) is -4.95. The molecule has 0 unspecified atom stereocenters. The number of alkyl halides is 3. The fourth-order valence-electron chi connectivity index (χ4n) is 3.63. The molecular formula is C21H12Cl5N2O8P. The molecule has 0 radical (unpaired) electrons. The first-order valence-electron chi connectivity index (χ1n) is 9.96. The number of halogens is 5. The Hall–Kier alpha value is -2.46. The molecule has 37 heavy (non-hydrogen) atoms. The maximum absolute atomic E-state index is 14.0. The number of nitrogens with zero attached hydrogens (tertiary/aromatic N) is 2. The van der Waals surface area contributed by atoms with Gasteiger partial charge in [-0.2, -0.15) is 4.57 Å². The van der Waals surface area contributed by atoms with E-state index in [2.05, 4.69) is 0 Å². The lowest BCUT2D eigenvalue weighted by atomic mass is 9.90. The minimum atomic E-state index is -4.95. The van der Waals surface area contributed by atoms with Crippen molar-refractivity contribution in [1.82, 2.24) is 0 Å². The molecule has 0 N–H and O–H groups in total. The summed E-state index contributed by atoms with van der Waals surface area (Å²) in [6.45, 7) is 1.79. The maximum atomic E-state index is 14.0. The van der Waals surface area contributed by atoms with Crippen LogP contribution in [0.1, 0.15) is 22.6 Å². The van der Waals surface area contributed by atoms with Gasteiger partial charge in [0, 0.05) is 33.3 Å². The Morgan fingerprint density at radius 2 is 1.30 bits per heavy atom. The molecular weight excluding hydrogens is 616 g/mol. The molecule has 0 atom stereocenters. The van der Waals surface area contributed by atoms with Gasteiger partial charge < -0.3 is 13.6 Å². The molecule has 0 saturated carbocycles. The van der Waals surface area contributed by atoms with Crippen molar-refractivity contribution in [3.8, 4) is 17.2 Å². The number of rotatable bonds is 4. The summed E-state index contributed by atoms with van der Waals surface area (Å²) in [5, 5.41) is 23.5.